The van der Waals surface area contributed by atoms with E-state index in [0.29, 0.717) is 24.5 Å². The van der Waals surface area contributed by atoms with Gasteiger partial charge in [0.25, 0.3) is 5.91 Å². The maximum absolute atomic E-state index is 13.7. The number of carbonyl (C=O) groups is 1. The van der Waals surface area contributed by atoms with Crippen molar-refractivity contribution < 1.29 is 18.3 Å². The molecule has 0 fully saturated rings. The molecular weight excluding hydrogens is 414 g/mol. The molecule has 1 heterocycles. The van der Waals surface area contributed by atoms with Gasteiger partial charge in [-0.1, -0.05) is 12.1 Å². The molecule has 0 bridgehead atoms. The first-order valence-electron chi connectivity index (χ1n) is 10.6. The second kappa shape index (κ2) is 9.48. The average Bonchev–Trinajstić information content (AvgIpc) is 3.38. The van der Waals surface area contributed by atoms with Crippen molar-refractivity contribution in [3.63, 3.8) is 0 Å². The maximum Gasteiger partial charge on any atom is 0.272 e. The van der Waals surface area contributed by atoms with Gasteiger partial charge in [-0.2, -0.15) is 5.10 Å². The minimum Gasteiger partial charge on any atom is -0.492 e. The highest BCUT2D eigenvalue weighted by molar-refractivity contribution is 5.94. The fourth-order valence-corrected chi connectivity index (χ4v) is 3.77. The molecule has 1 aromatic heterocycles. The predicted octanol–water partition coefficient (Wildman–Crippen LogP) is 3.51. The van der Waals surface area contributed by atoms with E-state index >= 15 is 0 Å². The van der Waals surface area contributed by atoms with Crippen LogP contribution in [0.25, 0.3) is 5.69 Å². The maximum atomic E-state index is 13.7. The van der Waals surface area contributed by atoms with Crippen molar-refractivity contribution in [2.45, 2.75) is 25.8 Å². The zero-order valence-electron chi connectivity index (χ0n) is 18.2. The summed E-state index contributed by atoms with van der Waals surface area (Å²) in [6.07, 6.45) is 2.37. The van der Waals surface area contributed by atoms with E-state index in [4.69, 9.17) is 4.74 Å². The monoisotopic (exact) mass is 440 g/mol. The molecule has 1 aliphatic carbocycles. The summed E-state index contributed by atoms with van der Waals surface area (Å²) in [5.41, 5.74) is 3.43. The molecule has 1 N–H and O–H groups in total. The van der Waals surface area contributed by atoms with Crippen LogP contribution in [0.5, 0.6) is 5.75 Å². The molecular formula is C24H26F2N4O2. The summed E-state index contributed by atoms with van der Waals surface area (Å²) in [7, 11) is 3.98. The summed E-state index contributed by atoms with van der Waals surface area (Å²) in [5, 5.41) is 7.35. The SMILES string of the molecule is CN(C)CCOc1ccc(CNC(=O)c2nn(-c3ccc(F)c(F)c3)c3c2CCC3)cc1. The van der Waals surface area contributed by atoms with E-state index in [1.165, 1.54) is 6.07 Å². The van der Waals surface area contributed by atoms with Crippen LogP contribution in [0.3, 0.4) is 0 Å². The van der Waals surface area contributed by atoms with Gasteiger partial charge in [0.1, 0.15) is 12.4 Å². The lowest BCUT2D eigenvalue weighted by molar-refractivity contribution is 0.0944. The minimum absolute atomic E-state index is 0.282. The normalized spacial score (nSPS) is 12.8. The van der Waals surface area contributed by atoms with Crippen molar-refractivity contribution in [2.75, 3.05) is 27.2 Å². The number of nitrogens with one attached hydrogen (secondary N) is 1. The highest BCUT2D eigenvalue weighted by atomic mass is 19.2. The summed E-state index contributed by atoms with van der Waals surface area (Å²) >= 11 is 0. The Morgan fingerprint density at radius 2 is 1.91 bits per heavy atom. The fraction of sp³-hybridized carbons (Fsp3) is 0.333. The molecule has 168 valence electrons. The van der Waals surface area contributed by atoms with Crippen LogP contribution in [0, 0.1) is 11.6 Å². The van der Waals surface area contributed by atoms with Crippen LogP contribution in [-0.4, -0.2) is 47.8 Å². The van der Waals surface area contributed by atoms with Crippen molar-refractivity contribution in [3.8, 4) is 11.4 Å². The smallest absolute Gasteiger partial charge is 0.272 e. The zero-order valence-corrected chi connectivity index (χ0v) is 18.2. The Labute approximate surface area is 185 Å². The zero-order chi connectivity index (χ0) is 22.7. The van der Waals surface area contributed by atoms with Gasteiger partial charge in [-0.05, 0) is 63.2 Å². The average molecular weight is 440 g/mol. The van der Waals surface area contributed by atoms with E-state index in [2.05, 4.69) is 15.3 Å². The first kappa shape index (κ1) is 22.0. The quantitative estimate of drug-likeness (QED) is 0.583. The predicted molar refractivity (Wildman–Crippen MR) is 117 cm³/mol. The molecule has 0 atom stereocenters. The Morgan fingerprint density at radius 1 is 1.12 bits per heavy atom. The van der Waals surface area contributed by atoms with Crippen LogP contribution in [0.4, 0.5) is 8.78 Å². The Morgan fingerprint density at radius 3 is 2.62 bits per heavy atom. The molecule has 0 saturated carbocycles. The number of nitrogens with zero attached hydrogens (tertiary/aromatic N) is 3. The molecule has 32 heavy (non-hydrogen) atoms. The third-order valence-corrected chi connectivity index (χ3v) is 5.48. The number of likely N-dealkylation sites (N-methyl/N-ethyl adjacent to an activating group) is 1. The lowest BCUT2D eigenvalue weighted by Crippen LogP contribution is -2.24. The Balaban J connectivity index is 1.43. The summed E-state index contributed by atoms with van der Waals surface area (Å²) < 4.78 is 34.3. The lowest BCUT2D eigenvalue weighted by Gasteiger charge is -2.11. The fourth-order valence-electron chi connectivity index (χ4n) is 3.77. The second-order valence-electron chi connectivity index (χ2n) is 8.12. The van der Waals surface area contributed by atoms with E-state index in [-0.39, 0.29) is 5.91 Å². The molecule has 0 radical (unpaired) electrons. The molecule has 4 rings (SSSR count). The first-order valence-corrected chi connectivity index (χ1v) is 10.6. The highest BCUT2D eigenvalue weighted by Gasteiger charge is 2.27. The lowest BCUT2D eigenvalue weighted by atomic mass is 10.1. The standard InChI is InChI=1S/C24H26F2N4O2/c1-29(2)12-13-32-18-9-6-16(7-10-18)15-27-24(31)23-19-4-3-5-22(19)30(28-23)17-8-11-20(25)21(26)14-17/h6-11,14H,3-5,12-13,15H2,1-2H3,(H,27,31). The van der Waals surface area contributed by atoms with Crippen LogP contribution >= 0.6 is 0 Å². The number of benzene rings is 2. The number of aromatic nitrogens is 2. The van der Waals surface area contributed by atoms with E-state index < -0.39 is 11.6 Å². The van der Waals surface area contributed by atoms with E-state index in [9.17, 15) is 13.6 Å². The van der Waals surface area contributed by atoms with Crippen molar-refractivity contribution in [2.24, 2.45) is 0 Å². The molecule has 3 aromatic rings. The number of ether oxygens (including phenoxy) is 1. The largest absolute Gasteiger partial charge is 0.492 e. The van der Waals surface area contributed by atoms with Gasteiger partial charge in [0.05, 0.1) is 5.69 Å². The molecule has 0 saturated heterocycles. The van der Waals surface area contributed by atoms with Crippen molar-refractivity contribution in [1.82, 2.24) is 20.0 Å². The molecule has 0 spiro atoms. The van der Waals surface area contributed by atoms with Gasteiger partial charge in [0, 0.05) is 30.4 Å². The van der Waals surface area contributed by atoms with Crippen LogP contribution in [0.2, 0.25) is 0 Å². The number of hydrogen-bond acceptors (Lipinski definition) is 4. The molecule has 0 unspecified atom stereocenters. The number of amides is 1. The van der Waals surface area contributed by atoms with Gasteiger partial charge in [-0.3, -0.25) is 4.79 Å². The van der Waals surface area contributed by atoms with Gasteiger partial charge >= 0.3 is 0 Å². The molecule has 1 aliphatic rings. The Kier molecular flexibility index (Phi) is 6.50. The van der Waals surface area contributed by atoms with Crippen molar-refractivity contribution >= 4 is 5.91 Å². The Bertz CT molecular complexity index is 1110. The van der Waals surface area contributed by atoms with Gasteiger partial charge in [0.15, 0.2) is 17.3 Å². The number of hydrogen-bond donors (Lipinski definition) is 1. The van der Waals surface area contributed by atoms with Crippen molar-refractivity contribution in [3.05, 3.63) is 76.6 Å². The van der Waals surface area contributed by atoms with Gasteiger partial charge in [-0.25, -0.2) is 13.5 Å². The molecule has 0 aliphatic heterocycles. The van der Waals surface area contributed by atoms with Crippen LogP contribution in [0.1, 0.15) is 33.7 Å². The van der Waals surface area contributed by atoms with Crippen LogP contribution in [-0.2, 0) is 19.4 Å². The second-order valence-corrected chi connectivity index (χ2v) is 8.12. The van der Waals surface area contributed by atoms with Gasteiger partial charge < -0.3 is 15.0 Å². The third-order valence-electron chi connectivity index (χ3n) is 5.48. The number of rotatable bonds is 8. The Hall–Kier alpha value is -3.26. The molecule has 2 aromatic carbocycles. The first-order chi connectivity index (χ1) is 15.4. The van der Waals surface area contributed by atoms with E-state index in [1.807, 2.05) is 38.4 Å². The van der Waals surface area contributed by atoms with Crippen LogP contribution in [0.15, 0.2) is 42.5 Å². The van der Waals surface area contributed by atoms with Gasteiger partial charge in [-0.15, -0.1) is 0 Å². The summed E-state index contributed by atoms with van der Waals surface area (Å²) in [6, 6.07) is 11.2. The number of fused-ring (bicyclic) bond motifs is 1. The third kappa shape index (κ3) is 4.80. The number of carbonyl (C=O) groups excluding carboxylic acids is 1. The van der Waals surface area contributed by atoms with E-state index in [1.54, 1.807) is 4.68 Å². The van der Waals surface area contributed by atoms with Crippen molar-refractivity contribution in [1.29, 1.82) is 0 Å². The summed E-state index contributed by atoms with van der Waals surface area (Å²) in [4.78, 5) is 14.9. The molecule has 1 amide bonds. The summed E-state index contributed by atoms with van der Waals surface area (Å²) in [6.45, 7) is 1.79. The molecule has 8 heteroatoms. The minimum atomic E-state index is -0.940. The summed E-state index contributed by atoms with van der Waals surface area (Å²) in [5.74, 6) is -1.35. The molecule has 6 nitrogen and oxygen atoms in total. The number of halogens is 2. The van der Waals surface area contributed by atoms with Gasteiger partial charge in [0.2, 0.25) is 0 Å². The van der Waals surface area contributed by atoms with Crippen LogP contribution < -0.4 is 10.1 Å². The van der Waals surface area contributed by atoms with E-state index in [0.717, 1.165) is 60.5 Å². The topological polar surface area (TPSA) is 59.4 Å². The highest BCUT2D eigenvalue weighted by Crippen LogP contribution is 2.28.